The van der Waals surface area contributed by atoms with Crippen molar-refractivity contribution in [1.29, 1.82) is 0 Å². The standard InChI is InChI=1S/C24H21NO3/c1-27-20-8-7-18(11-12-26)22(15-20)24-14-19-13-21(9-10-23(19)25-24)28-16-17-5-3-2-4-6-17/h2-10,12-15,25H,11,16H2,1H3. The topological polar surface area (TPSA) is 51.3 Å². The third-order valence-electron chi connectivity index (χ3n) is 4.75. The van der Waals surface area contributed by atoms with Crippen LogP contribution in [0.15, 0.2) is 72.8 Å². The molecule has 140 valence electrons. The molecule has 0 atom stereocenters. The highest BCUT2D eigenvalue weighted by atomic mass is 16.5. The number of ether oxygens (including phenoxy) is 2. The number of benzene rings is 3. The van der Waals surface area contributed by atoms with Crippen molar-refractivity contribution in [2.24, 2.45) is 0 Å². The lowest BCUT2D eigenvalue weighted by Gasteiger charge is -2.08. The molecule has 3 aromatic carbocycles. The van der Waals surface area contributed by atoms with Crippen molar-refractivity contribution in [3.63, 3.8) is 0 Å². The number of methoxy groups -OCH3 is 1. The summed E-state index contributed by atoms with van der Waals surface area (Å²) in [5, 5.41) is 1.06. The first-order chi connectivity index (χ1) is 13.8. The van der Waals surface area contributed by atoms with E-state index < -0.39 is 0 Å². The first-order valence-electron chi connectivity index (χ1n) is 9.17. The molecular weight excluding hydrogens is 350 g/mol. The fraction of sp³-hybridized carbons (Fsp3) is 0.125. The van der Waals surface area contributed by atoms with E-state index in [0.29, 0.717) is 13.0 Å². The second-order valence-electron chi connectivity index (χ2n) is 6.60. The van der Waals surface area contributed by atoms with Crippen molar-refractivity contribution in [2.75, 3.05) is 7.11 Å². The summed E-state index contributed by atoms with van der Waals surface area (Å²) in [7, 11) is 1.64. The zero-order chi connectivity index (χ0) is 19.3. The predicted molar refractivity (Wildman–Crippen MR) is 111 cm³/mol. The highest BCUT2D eigenvalue weighted by molar-refractivity contribution is 5.88. The SMILES string of the molecule is COc1ccc(CC=O)c(-c2cc3cc(OCc4ccccc4)ccc3[nH]2)c1. The summed E-state index contributed by atoms with van der Waals surface area (Å²) in [4.78, 5) is 14.5. The van der Waals surface area contributed by atoms with E-state index in [1.165, 1.54) is 0 Å². The number of fused-ring (bicyclic) bond motifs is 1. The summed E-state index contributed by atoms with van der Waals surface area (Å²) >= 11 is 0. The molecule has 0 aliphatic heterocycles. The molecule has 4 nitrogen and oxygen atoms in total. The molecule has 1 aromatic heterocycles. The molecule has 1 heterocycles. The van der Waals surface area contributed by atoms with Crippen LogP contribution in [0.1, 0.15) is 11.1 Å². The number of carbonyl (C=O) groups excluding carboxylic acids is 1. The van der Waals surface area contributed by atoms with Crippen LogP contribution in [-0.4, -0.2) is 18.4 Å². The molecule has 0 saturated heterocycles. The first-order valence-corrected chi connectivity index (χ1v) is 9.17. The maximum Gasteiger partial charge on any atom is 0.124 e. The van der Waals surface area contributed by atoms with E-state index in [0.717, 1.165) is 51.1 Å². The zero-order valence-electron chi connectivity index (χ0n) is 15.6. The Morgan fingerprint density at radius 3 is 2.54 bits per heavy atom. The van der Waals surface area contributed by atoms with Crippen LogP contribution in [0.2, 0.25) is 0 Å². The molecule has 0 unspecified atom stereocenters. The molecule has 0 aliphatic carbocycles. The second kappa shape index (κ2) is 8.01. The third kappa shape index (κ3) is 3.76. The maximum absolute atomic E-state index is 11.1. The lowest BCUT2D eigenvalue weighted by Crippen LogP contribution is -1.94. The van der Waals surface area contributed by atoms with Crippen LogP contribution >= 0.6 is 0 Å². The molecule has 1 N–H and O–H groups in total. The van der Waals surface area contributed by atoms with Gasteiger partial charge >= 0.3 is 0 Å². The van der Waals surface area contributed by atoms with Gasteiger partial charge in [0.05, 0.1) is 7.11 Å². The number of carbonyl (C=O) groups is 1. The van der Waals surface area contributed by atoms with Gasteiger partial charge in [0.15, 0.2) is 0 Å². The van der Waals surface area contributed by atoms with Crippen LogP contribution in [0.25, 0.3) is 22.2 Å². The fourth-order valence-electron chi connectivity index (χ4n) is 3.29. The quantitative estimate of drug-likeness (QED) is 0.456. The summed E-state index contributed by atoms with van der Waals surface area (Å²) in [5.41, 5.74) is 5.03. The minimum atomic E-state index is 0.361. The van der Waals surface area contributed by atoms with Crippen LogP contribution < -0.4 is 9.47 Å². The molecule has 4 aromatic rings. The molecule has 0 amide bonds. The van der Waals surface area contributed by atoms with Gasteiger partial charge in [0.1, 0.15) is 24.4 Å². The van der Waals surface area contributed by atoms with Crippen molar-refractivity contribution < 1.29 is 14.3 Å². The number of hydrogen-bond acceptors (Lipinski definition) is 3. The van der Waals surface area contributed by atoms with Gasteiger partial charge in [0.2, 0.25) is 0 Å². The smallest absolute Gasteiger partial charge is 0.124 e. The Labute approximate surface area is 163 Å². The molecule has 4 heteroatoms. The molecule has 0 spiro atoms. The van der Waals surface area contributed by atoms with Crippen LogP contribution in [-0.2, 0) is 17.8 Å². The minimum Gasteiger partial charge on any atom is -0.497 e. The summed E-state index contributed by atoms with van der Waals surface area (Å²) in [6.07, 6.45) is 1.28. The van der Waals surface area contributed by atoms with Crippen molar-refractivity contribution in [3.8, 4) is 22.8 Å². The Hall–Kier alpha value is -3.53. The van der Waals surface area contributed by atoms with Gasteiger partial charge < -0.3 is 19.3 Å². The largest absolute Gasteiger partial charge is 0.497 e. The van der Waals surface area contributed by atoms with Gasteiger partial charge in [0, 0.05) is 28.6 Å². The normalized spacial score (nSPS) is 10.8. The average Bonchev–Trinajstić information content (AvgIpc) is 3.17. The Morgan fingerprint density at radius 1 is 0.929 bits per heavy atom. The van der Waals surface area contributed by atoms with E-state index in [9.17, 15) is 4.79 Å². The lowest BCUT2D eigenvalue weighted by molar-refractivity contribution is -0.107. The van der Waals surface area contributed by atoms with Crippen LogP contribution in [0.5, 0.6) is 11.5 Å². The van der Waals surface area contributed by atoms with Gasteiger partial charge in [-0.15, -0.1) is 0 Å². The molecular formula is C24H21NO3. The molecule has 4 rings (SSSR count). The fourth-order valence-corrected chi connectivity index (χ4v) is 3.29. The zero-order valence-corrected chi connectivity index (χ0v) is 15.6. The van der Waals surface area contributed by atoms with E-state index >= 15 is 0 Å². The van der Waals surface area contributed by atoms with E-state index in [4.69, 9.17) is 9.47 Å². The lowest BCUT2D eigenvalue weighted by atomic mass is 10.0. The predicted octanol–water partition coefficient (Wildman–Crippen LogP) is 5.16. The Morgan fingerprint density at radius 2 is 1.75 bits per heavy atom. The first kappa shape index (κ1) is 17.9. The highest BCUT2D eigenvalue weighted by Crippen LogP contribution is 2.31. The summed E-state index contributed by atoms with van der Waals surface area (Å²) in [6.45, 7) is 0.531. The summed E-state index contributed by atoms with van der Waals surface area (Å²) in [6, 6.07) is 23.9. The molecule has 28 heavy (non-hydrogen) atoms. The Bertz CT molecular complexity index is 1100. The summed E-state index contributed by atoms with van der Waals surface area (Å²) < 4.78 is 11.3. The molecule has 0 radical (unpaired) electrons. The third-order valence-corrected chi connectivity index (χ3v) is 4.75. The monoisotopic (exact) mass is 371 g/mol. The highest BCUT2D eigenvalue weighted by Gasteiger charge is 2.11. The maximum atomic E-state index is 11.1. The van der Waals surface area contributed by atoms with E-state index in [1.807, 2.05) is 66.7 Å². The number of aromatic nitrogens is 1. The van der Waals surface area contributed by atoms with Crippen molar-refractivity contribution >= 4 is 17.2 Å². The number of H-pyrrole nitrogens is 1. The molecule has 0 aliphatic rings. The summed E-state index contributed by atoms with van der Waals surface area (Å²) in [5.74, 6) is 1.58. The molecule has 0 fully saturated rings. The number of aromatic amines is 1. The van der Waals surface area contributed by atoms with Gasteiger partial charge in [-0.3, -0.25) is 0 Å². The van der Waals surface area contributed by atoms with Gasteiger partial charge in [-0.05, 0) is 47.5 Å². The van der Waals surface area contributed by atoms with Crippen molar-refractivity contribution in [1.82, 2.24) is 4.98 Å². The van der Waals surface area contributed by atoms with Gasteiger partial charge in [-0.2, -0.15) is 0 Å². The number of nitrogens with one attached hydrogen (secondary N) is 1. The average molecular weight is 371 g/mol. The van der Waals surface area contributed by atoms with Crippen molar-refractivity contribution in [3.05, 3.63) is 83.9 Å². The number of hydrogen-bond donors (Lipinski definition) is 1. The van der Waals surface area contributed by atoms with E-state index in [-0.39, 0.29) is 0 Å². The second-order valence-corrected chi connectivity index (χ2v) is 6.60. The van der Waals surface area contributed by atoms with Crippen LogP contribution in [0, 0.1) is 0 Å². The van der Waals surface area contributed by atoms with Crippen molar-refractivity contribution in [2.45, 2.75) is 13.0 Å². The van der Waals surface area contributed by atoms with Crippen LogP contribution in [0.3, 0.4) is 0 Å². The molecule has 0 saturated carbocycles. The number of rotatable bonds is 7. The van der Waals surface area contributed by atoms with Gasteiger partial charge in [0.25, 0.3) is 0 Å². The van der Waals surface area contributed by atoms with Gasteiger partial charge in [-0.1, -0.05) is 36.4 Å². The Kier molecular flexibility index (Phi) is 5.11. The van der Waals surface area contributed by atoms with Crippen LogP contribution in [0.4, 0.5) is 0 Å². The number of aldehydes is 1. The minimum absolute atomic E-state index is 0.361. The van der Waals surface area contributed by atoms with E-state index in [2.05, 4.69) is 11.1 Å². The molecule has 0 bridgehead atoms. The Balaban J connectivity index is 1.64. The van der Waals surface area contributed by atoms with E-state index in [1.54, 1.807) is 7.11 Å². The van der Waals surface area contributed by atoms with Gasteiger partial charge in [-0.25, -0.2) is 0 Å².